The topological polar surface area (TPSA) is 83.5 Å². The number of benzene rings is 2. The van der Waals surface area contributed by atoms with Crippen molar-refractivity contribution < 1.29 is 16.8 Å². The summed E-state index contributed by atoms with van der Waals surface area (Å²) < 4.78 is 52.5. The predicted molar refractivity (Wildman–Crippen MR) is 112 cm³/mol. The van der Waals surface area contributed by atoms with Gasteiger partial charge in [-0.2, -0.15) is 0 Å². The van der Waals surface area contributed by atoms with Gasteiger partial charge in [-0.3, -0.25) is 4.72 Å². The van der Waals surface area contributed by atoms with Crippen LogP contribution in [-0.2, 0) is 19.9 Å². The van der Waals surface area contributed by atoms with Crippen LogP contribution in [0.15, 0.2) is 52.3 Å². The van der Waals surface area contributed by atoms with Gasteiger partial charge in [-0.25, -0.2) is 16.8 Å². The first-order chi connectivity index (χ1) is 13.2. The van der Waals surface area contributed by atoms with E-state index in [0.717, 1.165) is 44.3 Å². The Bertz CT molecular complexity index is 1040. The van der Waals surface area contributed by atoms with Crippen molar-refractivity contribution >= 4 is 31.2 Å². The van der Waals surface area contributed by atoms with E-state index in [1.807, 2.05) is 11.8 Å². The molecule has 0 atom stereocenters. The Hall–Kier alpha value is -2.06. The normalized spacial score (nSPS) is 15.9. The molecule has 0 aromatic heterocycles. The third-order valence-electron chi connectivity index (χ3n) is 4.89. The molecule has 1 fully saturated rings. The van der Waals surface area contributed by atoms with Gasteiger partial charge in [-0.05, 0) is 50.1 Å². The Labute approximate surface area is 167 Å². The zero-order chi connectivity index (χ0) is 20.4. The first kappa shape index (κ1) is 20.7. The third-order valence-corrected chi connectivity index (χ3v) is 7.43. The molecule has 0 bridgehead atoms. The van der Waals surface area contributed by atoms with E-state index in [2.05, 4.69) is 4.72 Å². The van der Waals surface area contributed by atoms with Gasteiger partial charge in [-0.1, -0.05) is 30.5 Å². The van der Waals surface area contributed by atoms with E-state index in [1.165, 1.54) is 18.4 Å². The number of anilines is 2. The molecule has 1 saturated heterocycles. The minimum absolute atomic E-state index is 0.168. The fraction of sp³-hybridized carbons (Fsp3) is 0.400. The molecule has 1 heterocycles. The van der Waals surface area contributed by atoms with E-state index < -0.39 is 19.9 Å². The van der Waals surface area contributed by atoms with Crippen LogP contribution in [0.2, 0.25) is 0 Å². The number of sulfonamides is 1. The summed E-state index contributed by atoms with van der Waals surface area (Å²) >= 11 is 0. The molecule has 0 saturated carbocycles. The minimum atomic E-state index is -3.75. The lowest BCUT2D eigenvalue weighted by Crippen LogP contribution is -2.26. The number of sulfone groups is 1. The molecule has 0 unspecified atom stereocenters. The maximum absolute atomic E-state index is 12.7. The number of aryl methyl sites for hydroxylation is 1. The van der Waals surface area contributed by atoms with E-state index in [-0.39, 0.29) is 9.79 Å². The molecule has 8 heteroatoms. The average molecular weight is 423 g/mol. The van der Waals surface area contributed by atoms with E-state index >= 15 is 0 Å². The number of nitrogens with one attached hydrogen (secondary N) is 1. The van der Waals surface area contributed by atoms with Crippen LogP contribution >= 0.6 is 0 Å². The SMILES string of the molecule is Cc1ccc(S(=O)(=O)Nc2ccc(S(C)(=O)=O)c(N3CCCCCC3)c2)cc1. The van der Waals surface area contributed by atoms with Crippen LogP contribution in [0, 0.1) is 6.92 Å². The van der Waals surface area contributed by atoms with E-state index in [1.54, 1.807) is 30.3 Å². The van der Waals surface area contributed by atoms with Crippen molar-refractivity contribution in [3.8, 4) is 0 Å². The van der Waals surface area contributed by atoms with Crippen LogP contribution in [0.4, 0.5) is 11.4 Å². The Morgan fingerprint density at radius 2 is 1.46 bits per heavy atom. The van der Waals surface area contributed by atoms with Crippen molar-refractivity contribution in [1.29, 1.82) is 0 Å². The van der Waals surface area contributed by atoms with Gasteiger partial charge in [0, 0.05) is 19.3 Å². The lowest BCUT2D eigenvalue weighted by molar-refractivity contribution is 0.600. The fourth-order valence-electron chi connectivity index (χ4n) is 3.38. The van der Waals surface area contributed by atoms with Crippen LogP contribution in [0.25, 0.3) is 0 Å². The van der Waals surface area contributed by atoms with Crippen molar-refractivity contribution in [3.05, 3.63) is 48.0 Å². The molecule has 1 N–H and O–H groups in total. The predicted octanol–water partition coefficient (Wildman–Crippen LogP) is 3.58. The van der Waals surface area contributed by atoms with Crippen molar-refractivity contribution in [2.24, 2.45) is 0 Å². The van der Waals surface area contributed by atoms with Gasteiger partial charge in [0.25, 0.3) is 10.0 Å². The third kappa shape index (κ3) is 4.86. The number of rotatable bonds is 5. The first-order valence-electron chi connectivity index (χ1n) is 9.35. The molecule has 0 amide bonds. The molecule has 1 aliphatic rings. The summed E-state index contributed by atoms with van der Waals surface area (Å²) in [6, 6.07) is 11.2. The maximum Gasteiger partial charge on any atom is 0.261 e. The monoisotopic (exact) mass is 422 g/mol. The molecule has 0 aliphatic carbocycles. The highest BCUT2D eigenvalue weighted by Gasteiger charge is 2.21. The molecule has 3 rings (SSSR count). The Kier molecular flexibility index (Phi) is 6.00. The van der Waals surface area contributed by atoms with E-state index in [4.69, 9.17) is 0 Å². The fourth-order valence-corrected chi connectivity index (χ4v) is 5.32. The molecule has 1 aliphatic heterocycles. The summed E-state index contributed by atoms with van der Waals surface area (Å²) in [4.78, 5) is 2.45. The average Bonchev–Trinajstić information content (AvgIpc) is 2.90. The molecule has 2 aromatic rings. The van der Waals surface area contributed by atoms with Crippen molar-refractivity contribution in [1.82, 2.24) is 0 Å². The first-order valence-corrected chi connectivity index (χ1v) is 12.7. The highest BCUT2D eigenvalue weighted by molar-refractivity contribution is 7.92. The Balaban J connectivity index is 1.98. The summed E-state index contributed by atoms with van der Waals surface area (Å²) in [6.45, 7) is 3.41. The van der Waals surface area contributed by atoms with Gasteiger partial charge in [0.15, 0.2) is 9.84 Å². The molecule has 0 radical (unpaired) electrons. The zero-order valence-electron chi connectivity index (χ0n) is 16.2. The lowest BCUT2D eigenvalue weighted by Gasteiger charge is -2.25. The minimum Gasteiger partial charge on any atom is -0.370 e. The number of hydrogen-bond donors (Lipinski definition) is 1. The van der Waals surface area contributed by atoms with Crippen LogP contribution in [-0.4, -0.2) is 36.2 Å². The van der Waals surface area contributed by atoms with E-state index in [9.17, 15) is 16.8 Å². The smallest absolute Gasteiger partial charge is 0.261 e. The molecule has 28 heavy (non-hydrogen) atoms. The standard InChI is InChI=1S/C20H26N2O4S2/c1-16-7-10-18(11-8-16)28(25,26)21-17-9-12-20(27(2,23)24)19(15-17)22-13-5-3-4-6-14-22/h7-12,15,21H,3-6,13-14H2,1-2H3. The van der Waals surface area contributed by atoms with Gasteiger partial charge in [0.05, 0.1) is 21.2 Å². The van der Waals surface area contributed by atoms with Gasteiger partial charge in [-0.15, -0.1) is 0 Å². The summed E-state index contributed by atoms with van der Waals surface area (Å²) in [7, 11) is -7.18. The highest BCUT2D eigenvalue weighted by atomic mass is 32.2. The molecular formula is C20H26N2O4S2. The van der Waals surface area contributed by atoms with Crippen molar-refractivity contribution in [3.63, 3.8) is 0 Å². The van der Waals surface area contributed by atoms with Gasteiger partial charge < -0.3 is 4.90 Å². The van der Waals surface area contributed by atoms with Gasteiger partial charge >= 0.3 is 0 Å². The lowest BCUT2D eigenvalue weighted by atomic mass is 10.2. The molecule has 6 nitrogen and oxygen atoms in total. The van der Waals surface area contributed by atoms with Crippen molar-refractivity contribution in [2.45, 2.75) is 42.4 Å². The second-order valence-corrected chi connectivity index (χ2v) is 10.9. The van der Waals surface area contributed by atoms with Crippen LogP contribution in [0.1, 0.15) is 31.2 Å². The van der Waals surface area contributed by atoms with Crippen LogP contribution in [0.5, 0.6) is 0 Å². The van der Waals surface area contributed by atoms with Gasteiger partial charge in [0.2, 0.25) is 0 Å². The molecule has 0 spiro atoms. The highest BCUT2D eigenvalue weighted by Crippen LogP contribution is 2.31. The number of nitrogens with zero attached hydrogens (tertiary/aromatic N) is 1. The Morgan fingerprint density at radius 3 is 2.04 bits per heavy atom. The zero-order valence-corrected chi connectivity index (χ0v) is 17.8. The van der Waals surface area contributed by atoms with Crippen LogP contribution < -0.4 is 9.62 Å². The summed E-state index contributed by atoms with van der Waals surface area (Å²) in [6.07, 6.45) is 5.39. The van der Waals surface area contributed by atoms with Crippen LogP contribution in [0.3, 0.4) is 0 Å². The summed E-state index contributed by atoms with van der Waals surface area (Å²) in [5.74, 6) is 0. The second-order valence-electron chi connectivity index (χ2n) is 7.27. The van der Waals surface area contributed by atoms with Crippen molar-refractivity contribution in [2.75, 3.05) is 29.0 Å². The molecule has 2 aromatic carbocycles. The quantitative estimate of drug-likeness (QED) is 0.796. The maximum atomic E-state index is 12.7. The van der Waals surface area contributed by atoms with E-state index in [0.29, 0.717) is 11.4 Å². The number of hydrogen-bond acceptors (Lipinski definition) is 5. The van der Waals surface area contributed by atoms with Gasteiger partial charge in [0.1, 0.15) is 0 Å². The summed E-state index contributed by atoms with van der Waals surface area (Å²) in [5.41, 5.74) is 1.89. The largest absolute Gasteiger partial charge is 0.370 e. The second kappa shape index (κ2) is 8.13. The molecule has 152 valence electrons. The Morgan fingerprint density at radius 1 is 0.857 bits per heavy atom. The summed E-state index contributed by atoms with van der Waals surface area (Å²) in [5, 5.41) is 0. The molecular weight excluding hydrogens is 396 g/mol.